The number of quaternary nitrogens is 1. The minimum atomic E-state index is -3.00. The lowest BCUT2D eigenvalue weighted by atomic mass is 9.99. The zero-order valence-electron chi connectivity index (χ0n) is 14.3. The number of hydrogen-bond donors (Lipinski definition) is 1. The van der Waals surface area contributed by atoms with Gasteiger partial charge < -0.3 is 14.1 Å². The smallest absolute Gasteiger partial charge is 0.314 e. The Kier molecular flexibility index (Phi) is 5.59. The molecule has 10 heteroatoms. The SMILES string of the molecule is CCOC(=O)[C@H]1CCC[NH+](Cn2nc([C@@H]3CCS(=O)(=O)C3)oc2=S)C1. The first-order valence-electron chi connectivity index (χ1n) is 8.66. The van der Waals surface area contributed by atoms with Gasteiger partial charge in [-0.1, -0.05) is 0 Å². The van der Waals surface area contributed by atoms with Gasteiger partial charge in [-0.2, -0.15) is 4.68 Å². The molecule has 3 rings (SSSR count). The van der Waals surface area contributed by atoms with Crippen molar-refractivity contribution >= 4 is 28.0 Å². The third kappa shape index (κ3) is 4.48. The number of likely N-dealkylation sites (tertiary alicyclic amines) is 1. The predicted molar refractivity (Wildman–Crippen MR) is 91.4 cm³/mol. The summed E-state index contributed by atoms with van der Waals surface area (Å²) in [6.45, 7) is 4.33. The molecule has 0 aromatic carbocycles. The van der Waals surface area contributed by atoms with Gasteiger partial charge in [0.15, 0.2) is 16.5 Å². The van der Waals surface area contributed by atoms with Crippen LogP contribution in [-0.4, -0.2) is 55.4 Å². The molecule has 0 amide bonds. The van der Waals surface area contributed by atoms with Crippen LogP contribution in [0, 0.1) is 10.8 Å². The van der Waals surface area contributed by atoms with E-state index in [1.807, 2.05) is 6.92 Å². The Hall–Kier alpha value is -1.26. The average molecular weight is 391 g/mol. The topological polar surface area (TPSA) is 95.8 Å². The molecule has 1 unspecified atom stereocenters. The van der Waals surface area contributed by atoms with Crippen LogP contribution in [0.15, 0.2) is 4.42 Å². The molecule has 0 radical (unpaired) electrons. The van der Waals surface area contributed by atoms with Crippen molar-refractivity contribution in [3.63, 3.8) is 0 Å². The molecule has 2 fully saturated rings. The van der Waals surface area contributed by atoms with E-state index in [1.54, 1.807) is 4.68 Å². The highest BCUT2D eigenvalue weighted by atomic mass is 32.2. The fraction of sp³-hybridized carbons (Fsp3) is 0.800. The van der Waals surface area contributed by atoms with Gasteiger partial charge in [-0.05, 0) is 38.4 Å². The highest BCUT2D eigenvalue weighted by Gasteiger charge is 2.34. The summed E-state index contributed by atoms with van der Waals surface area (Å²) < 4.78 is 35.5. The van der Waals surface area contributed by atoms with Gasteiger partial charge in [0.2, 0.25) is 5.89 Å². The number of carbonyl (C=O) groups excluding carboxylic acids is 1. The van der Waals surface area contributed by atoms with Crippen LogP contribution in [0.4, 0.5) is 0 Å². The number of sulfone groups is 1. The molecule has 2 aliphatic rings. The van der Waals surface area contributed by atoms with Crippen LogP contribution >= 0.6 is 12.2 Å². The molecule has 140 valence electrons. The summed E-state index contributed by atoms with van der Waals surface area (Å²) in [5.74, 6) is 0.209. The number of esters is 1. The summed E-state index contributed by atoms with van der Waals surface area (Å²) in [5.41, 5.74) is 0. The van der Waals surface area contributed by atoms with E-state index in [4.69, 9.17) is 21.4 Å². The molecule has 3 atom stereocenters. The van der Waals surface area contributed by atoms with Crippen molar-refractivity contribution in [2.24, 2.45) is 5.92 Å². The summed E-state index contributed by atoms with van der Waals surface area (Å²) >= 11 is 5.24. The maximum Gasteiger partial charge on any atom is 0.314 e. The van der Waals surface area contributed by atoms with Gasteiger partial charge in [0.05, 0.1) is 37.1 Å². The first kappa shape index (κ1) is 18.5. The summed E-state index contributed by atoms with van der Waals surface area (Å²) in [5, 5.41) is 4.40. The number of ether oxygens (including phenoxy) is 1. The molecule has 1 aromatic heterocycles. The quantitative estimate of drug-likeness (QED) is 0.555. The van der Waals surface area contributed by atoms with Crippen LogP contribution < -0.4 is 4.90 Å². The highest BCUT2D eigenvalue weighted by Crippen LogP contribution is 2.27. The summed E-state index contributed by atoms with van der Waals surface area (Å²) in [7, 11) is -3.00. The fourth-order valence-corrected chi connectivity index (χ4v) is 5.47. The van der Waals surface area contributed by atoms with Crippen LogP contribution in [-0.2, 0) is 26.0 Å². The van der Waals surface area contributed by atoms with Crippen molar-refractivity contribution in [2.45, 2.75) is 38.8 Å². The van der Waals surface area contributed by atoms with Crippen molar-refractivity contribution in [1.82, 2.24) is 9.78 Å². The fourth-order valence-electron chi connectivity index (χ4n) is 3.54. The average Bonchev–Trinajstić information content (AvgIpc) is 3.11. The lowest BCUT2D eigenvalue weighted by molar-refractivity contribution is -0.930. The van der Waals surface area contributed by atoms with Crippen LogP contribution in [0.3, 0.4) is 0 Å². The molecule has 0 bridgehead atoms. The van der Waals surface area contributed by atoms with Crippen LogP contribution in [0.5, 0.6) is 0 Å². The Morgan fingerprint density at radius 1 is 1.48 bits per heavy atom. The van der Waals surface area contributed by atoms with E-state index in [9.17, 15) is 13.2 Å². The highest BCUT2D eigenvalue weighted by molar-refractivity contribution is 7.91. The maximum absolute atomic E-state index is 11.9. The van der Waals surface area contributed by atoms with Crippen LogP contribution in [0.25, 0.3) is 0 Å². The van der Waals surface area contributed by atoms with Crippen LogP contribution in [0.1, 0.15) is 38.0 Å². The molecule has 0 spiro atoms. The summed E-state index contributed by atoms with van der Waals surface area (Å²) in [6, 6.07) is 0. The second-order valence-electron chi connectivity index (χ2n) is 6.76. The maximum atomic E-state index is 11.9. The van der Waals surface area contributed by atoms with Gasteiger partial charge in [0.1, 0.15) is 5.92 Å². The third-order valence-electron chi connectivity index (χ3n) is 4.81. The van der Waals surface area contributed by atoms with Gasteiger partial charge in [-0.25, -0.2) is 8.42 Å². The number of piperidine rings is 1. The Labute approximate surface area is 152 Å². The first-order valence-corrected chi connectivity index (χ1v) is 10.9. The Balaban J connectivity index is 1.65. The number of nitrogens with zero attached hydrogens (tertiary/aromatic N) is 2. The predicted octanol–water partition coefficient (Wildman–Crippen LogP) is -0.0768. The lowest BCUT2D eigenvalue weighted by Crippen LogP contribution is -3.13. The van der Waals surface area contributed by atoms with E-state index in [2.05, 4.69) is 5.10 Å². The molecule has 25 heavy (non-hydrogen) atoms. The molecule has 8 nitrogen and oxygen atoms in total. The standard InChI is InChI=1S/C15H23N3O5S2/c1-2-22-14(19)11-4-3-6-17(8-11)10-18-15(24)23-13(16-18)12-5-7-25(20,21)9-12/h11-12H,2-10H2,1H3/p+1/t11-,12+/m0/s1. The minimum Gasteiger partial charge on any atom is -0.466 e. The van der Waals surface area contributed by atoms with E-state index in [-0.39, 0.29) is 34.1 Å². The van der Waals surface area contributed by atoms with Gasteiger partial charge in [0.25, 0.3) is 4.84 Å². The van der Waals surface area contributed by atoms with Crippen molar-refractivity contribution in [2.75, 3.05) is 31.2 Å². The normalized spacial score (nSPS) is 28.8. The molecule has 1 aromatic rings. The van der Waals surface area contributed by atoms with Crippen molar-refractivity contribution in [3.05, 3.63) is 10.7 Å². The minimum absolute atomic E-state index is 0.0732. The first-order chi connectivity index (χ1) is 11.9. The molecule has 2 saturated heterocycles. The second kappa shape index (κ2) is 7.55. The zero-order valence-corrected chi connectivity index (χ0v) is 15.9. The van der Waals surface area contributed by atoms with E-state index in [1.165, 1.54) is 4.90 Å². The van der Waals surface area contributed by atoms with E-state index < -0.39 is 9.84 Å². The Bertz CT molecular complexity index is 785. The van der Waals surface area contributed by atoms with Gasteiger partial charge in [-0.15, -0.1) is 5.10 Å². The molecule has 0 saturated carbocycles. The number of carbonyl (C=O) groups is 1. The van der Waals surface area contributed by atoms with Gasteiger partial charge in [-0.3, -0.25) is 4.79 Å². The third-order valence-corrected chi connectivity index (χ3v) is 6.88. The monoisotopic (exact) mass is 390 g/mol. The van der Waals surface area contributed by atoms with Crippen molar-refractivity contribution in [3.8, 4) is 0 Å². The molecule has 2 aliphatic heterocycles. The molecule has 1 N–H and O–H groups in total. The Morgan fingerprint density at radius 2 is 2.28 bits per heavy atom. The summed E-state index contributed by atoms with van der Waals surface area (Å²) in [6.07, 6.45) is 2.31. The molecular weight excluding hydrogens is 366 g/mol. The van der Waals surface area contributed by atoms with E-state index >= 15 is 0 Å². The summed E-state index contributed by atoms with van der Waals surface area (Å²) in [4.78, 5) is 13.4. The van der Waals surface area contributed by atoms with Crippen molar-refractivity contribution < 1.29 is 27.3 Å². The molecular formula is C15H24N3O5S2+. The zero-order chi connectivity index (χ0) is 18.0. The lowest BCUT2D eigenvalue weighted by Gasteiger charge is -2.28. The number of nitrogens with one attached hydrogen (secondary N) is 1. The molecule has 3 heterocycles. The largest absolute Gasteiger partial charge is 0.466 e. The number of rotatable bonds is 5. The number of aromatic nitrogens is 2. The van der Waals surface area contributed by atoms with Crippen LogP contribution in [0.2, 0.25) is 0 Å². The van der Waals surface area contributed by atoms with Crippen molar-refractivity contribution in [1.29, 1.82) is 0 Å². The van der Waals surface area contributed by atoms with Gasteiger partial charge in [0, 0.05) is 0 Å². The number of hydrogen-bond acceptors (Lipinski definition) is 7. The Morgan fingerprint density at radius 3 is 2.96 bits per heavy atom. The second-order valence-corrected chi connectivity index (χ2v) is 9.34. The van der Waals surface area contributed by atoms with E-state index in [0.29, 0.717) is 32.1 Å². The molecule has 0 aliphatic carbocycles. The van der Waals surface area contributed by atoms with E-state index in [0.717, 1.165) is 19.4 Å². The van der Waals surface area contributed by atoms with Gasteiger partial charge >= 0.3 is 5.97 Å².